The van der Waals surface area contributed by atoms with Crippen LogP contribution in [0.4, 0.5) is 10.8 Å². The van der Waals surface area contributed by atoms with Crippen LogP contribution >= 0.6 is 22.9 Å². The molecule has 2 amide bonds. The van der Waals surface area contributed by atoms with Gasteiger partial charge in [0.1, 0.15) is 5.75 Å². The van der Waals surface area contributed by atoms with Crippen molar-refractivity contribution >= 4 is 55.8 Å². The lowest BCUT2D eigenvalue weighted by molar-refractivity contribution is -0.116. The Hall–Kier alpha value is -2.64. The number of anilines is 2. The zero-order valence-corrected chi connectivity index (χ0v) is 15.5. The Morgan fingerprint density at radius 1 is 1.15 bits per heavy atom. The van der Waals surface area contributed by atoms with Crippen LogP contribution in [0.3, 0.4) is 0 Å². The molecule has 0 aliphatic rings. The number of aromatic nitrogens is 1. The average molecular weight is 390 g/mol. The highest BCUT2D eigenvalue weighted by Crippen LogP contribution is 2.28. The van der Waals surface area contributed by atoms with E-state index in [-0.39, 0.29) is 24.8 Å². The molecular weight excluding hydrogens is 374 g/mol. The number of halogens is 1. The fraction of sp³-hybridized carbons (Fsp3) is 0.167. The molecular formula is C18H16ClN3O3S. The largest absolute Gasteiger partial charge is 0.493 e. The van der Waals surface area contributed by atoms with E-state index < -0.39 is 0 Å². The second-order valence-corrected chi connectivity index (χ2v) is 6.95. The van der Waals surface area contributed by atoms with Gasteiger partial charge < -0.3 is 15.4 Å². The minimum Gasteiger partial charge on any atom is -0.493 e. The topological polar surface area (TPSA) is 80.3 Å². The fourth-order valence-corrected chi connectivity index (χ4v) is 3.28. The Morgan fingerprint density at radius 3 is 2.65 bits per heavy atom. The third-order valence-corrected chi connectivity index (χ3v) is 4.55. The summed E-state index contributed by atoms with van der Waals surface area (Å²) in [6, 6.07) is 12.4. The van der Waals surface area contributed by atoms with Gasteiger partial charge in [0.2, 0.25) is 11.8 Å². The van der Waals surface area contributed by atoms with Crippen LogP contribution < -0.4 is 15.4 Å². The Balaban J connectivity index is 1.55. The van der Waals surface area contributed by atoms with Crippen LogP contribution in [-0.2, 0) is 9.59 Å². The summed E-state index contributed by atoms with van der Waals surface area (Å²) >= 11 is 7.16. The summed E-state index contributed by atoms with van der Waals surface area (Å²) in [7, 11) is 0. The van der Waals surface area contributed by atoms with Crippen molar-refractivity contribution in [3.63, 3.8) is 0 Å². The van der Waals surface area contributed by atoms with E-state index in [4.69, 9.17) is 16.3 Å². The van der Waals surface area contributed by atoms with Crippen LogP contribution in [0, 0.1) is 0 Å². The normalized spacial score (nSPS) is 10.5. The molecule has 1 heterocycles. The molecule has 0 bridgehead atoms. The Kier molecular flexibility index (Phi) is 5.70. The zero-order valence-electron chi connectivity index (χ0n) is 13.9. The number of fused-ring (bicyclic) bond motifs is 1. The lowest BCUT2D eigenvalue weighted by Gasteiger charge is -2.05. The second kappa shape index (κ2) is 8.16. The summed E-state index contributed by atoms with van der Waals surface area (Å²) in [5.41, 5.74) is 1.46. The van der Waals surface area contributed by atoms with Gasteiger partial charge >= 0.3 is 0 Å². The molecule has 134 valence electrons. The first-order valence-electron chi connectivity index (χ1n) is 7.86. The minimum atomic E-state index is -0.180. The van der Waals surface area contributed by atoms with Crippen molar-refractivity contribution in [2.24, 2.45) is 0 Å². The Labute approximate surface area is 159 Å². The van der Waals surface area contributed by atoms with Crippen LogP contribution in [0.2, 0.25) is 5.02 Å². The zero-order chi connectivity index (χ0) is 18.5. The van der Waals surface area contributed by atoms with Crippen molar-refractivity contribution < 1.29 is 14.3 Å². The molecule has 0 fully saturated rings. The van der Waals surface area contributed by atoms with Gasteiger partial charge in [0, 0.05) is 17.6 Å². The van der Waals surface area contributed by atoms with Crippen molar-refractivity contribution in [3.05, 3.63) is 47.5 Å². The maximum Gasteiger partial charge on any atom is 0.229 e. The van der Waals surface area contributed by atoms with Gasteiger partial charge in [0.15, 0.2) is 5.13 Å². The molecule has 0 spiro atoms. The number of carbonyl (C=O) groups is 2. The van der Waals surface area contributed by atoms with E-state index in [1.165, 1.54) is 18.3 Å². The quantitative estimate of drug-likeness (QED) is 0.658. The molecule has 0 saturated carbocycles. The Morgan fingerprint density at radius 2 is 1.92 bits per heavy atom. The number of carbonyl (C=O) groups excluding carboxylic acids is 2. The number of ether oxygens (including phenoxy) is 1. The summed E-state index contributed by atoms with van der Waals surface area (Å²) in [4.78, 5) is 27.5. The van der Waals surface area contributed by atoms with E-state index in [1.54, 1.807) is 36.4 Å². The molecule has 0 atom stereocenters. The van der Waals surface area contributed by atoms with Crippen molar-refractivity contribution in [3.8, 4) is 5.75 Å². The standard InChI is InChI=1S/C18H16ClN3O3S/c1-11(23)20-13-4-7-15-16(10-13)26-18(21-15)22-17(24)8-9-25-14-5-2-12(19)3-6-14/h2-7,10H,8-9H2,1H3,(H,20,23)(H,21,22,24). The highest BCUT2D eigenvalue weighted by molar-refractivity contribution is 7.22. The summed E-state index contributed by atoms with van der Waals surface area (Å²) in [6.07, 6.45) is 0.204. The van der Waals surface area contributed by atoms with Crippen molar-refractivity contribution in [2.45, 2.75) is 13.3 Å². The first-order valence-corrected chi connectivity index (χ1v) is 9.05. The van der Waals surface area contributed by atoms with Gasteiger partial charge in [-0.2, -0.15) is 0 Å². The van der Waals surface area contributed by atoms with Crippen LogP contribution in [0.25, 0.3) is 10.2 Å². The Bertz CT molecular complexity index is 941. The maximum atomic E-state index is 12.0. The minimum absolute atomic E-state index is 0.136. The molecule has 0 aliphatic carbocycles. The number of rotatable bonds is 6. The predicted molar refractivity (Wildman–Crippen MR) is 104 cm³/mol. The van der Waals surface area contributed by atoms with Crippen LogP contribution in [0.1, 0.15) is 13.3 Å². The number of nitrogens with zero attached hydrogens (tertiary/aromatic N) is 1. The molecule has 2 N–H and O–H groups in total. The highest BCUT2D eigenvalue weighted by Gasteiger charge is 2.09. The molecule has 0 saturated heterocycles. The van der Waals surface area contributed by atoms with E-state index in [9.17, 15) is 9.59 Å². The molecule has 0 unspecified atom stereocenters. The molecule has 0 radical (unpaired) electrons. The number of hydrogen-bond acceptors (Lipinski definition) is 5. The molecule has 8 heteroatoms. The van der Waals surface area contributed by atoms with Crippen molar-refractivity contribution in [2.75, 3.05) is 17.2 Å². The van der Waals surface area contributed by atoms with E-state index >= 15 is 0 Å². The third-order valence-electron chi connectivity index (χ3n) is 3.37. The van der Waals surface area contributed by atoms with Gasteiger partial charge in [-0.3, -0.25) is 9.59 Å². The molecule has 2 aromatic carbocycles. The molecule has 6 nitrogen and oxygen atoms in total. The van der Waals surface area contributed by atoms with Gasteiger partial charge in [-0.1, -0.05) is 22.9 Å². The van der Waals surface area contributed by atoms with Crippen molar-refractivity contribution in [1.82, 2.24) is 4.98 Å². The highest BCUT2D eigenvalue weighted by atomic mass is 35.5. The van der Waals surface area contributed by atoms with E-state index in [1.807, 2.05) is 6.07 Å². The maximum absolute atomic E-state index is 12.0. The van der Waals surface area contributed by atoms with Gasteiger partial charge in [-0.25, -0.2) is 4.98 Å². The van der Waals surface area contributed by atoms with Crippen molar-refractivity contribution in [1.29, 1.82) is 0 Å². The summed E-state index contributed by atoms with van der Waals surface area (Å²) < 4.78 is 6.38. The van der Waals surface area contributed by atoms with E-state index in [0.717, 1.165) is 10.2 Å². The monoisotopic (exact) mass is 389 g/mol. The van der Waals surface area contributed by atoms with Gasteiger partial charge in [0.05, 0.1) is 23.2 Å². The molecule has 26 heavy (non-hydrogen) atoms. The molecule has 1 aromatic heterocycles. The molecule has 3 aromatic rings. The second-order valence-electron chi connectivity index (χ2n) is 5.48. The number of nitrogens with one attached hydrogen (secondary N) is 2. The van der Waals surface area contributed by atoms with Crippen LogP contribution in [-0.4, -0.2) is 23.4 Å². The lowest BCUT2D eigenvalue weighted by atomic mass is 10.3. The SMILES string of the molecule is CC(=O)Nc1ccc2nc(NC(=O)CCOc3ccc(Cl)cc3)sc2c1. The van der Waals surface area contributed by atoms with Gasteiger partial charge in [-0.15, -0.1) is 0 Å². The van der Waals surface area contributed by atoms with Gasteiger partial charge in [-0.05, 0) is 42.5 Å². The summed E-state index contributed by atoms with van der Waals surface area (Å²) in [6.45, 7) is 1.71. The first kappa shape index (κ1) is 18.2. The first-order chi connectivity index (χ1) is 12.5. The predicted octanol–water partition coefficient (Wildman–Crippen LogP) is 4.32. The molecule has 3 rings (SSSR count). The summed E-state index contributed by atoms with van der Waals surface area (Å²) in [5.74, 6) is 0.343. The average Bonchev–Trinajstić information content (AvgIpc) is 2.97. The third kappa shape index (κ3) is 4.93. The van der Waals surface area contributed by atoms with Crippen LogP contribution in [0.15, 0.2) is 42.5 Å². The van der Waals surface area contributed by atoms with E-state index in [2.05, 4.69) is 15.6 Å². The number of amides is 2. The smallest absolute Gasteiger partial charge is 0.229 e. The number of thiazole rings is 1. The fourth-order valence-electron chi connectivity index (χ4n) is 2.23. The molecule has 0 aliphatic heterocycles. The summed E-state index contributed by atoms with van der Waals surface area (Å²) in [5, 5.41) is 6.63. The van der Waals surface area contributed by atoms with Crippen LogP contribution in [0.5, 0.6) is 5.75 Å². The number of hydrogen-bond donors (Lipinski definition) is 2. The van der Waals surface area contributed by atoms with E-state index in [0.29, 0.717) is 21.6 Å². The number of benzene rings is 2. The van der Waals surface area contributed by atoms with Gasteiger partial charge in [0.25, 0.3) is 0 Å². The lowest BCUT2D eigenvalue weighted by Crippen LogP contribution is -2.14.